The van der Waals surface area contributed by atoms with Crippen molar-refractivity contribution < 1.29 is 4.39 Å². The van der Waals surface area contributed by atoms with Crippen molar-refractivity contribution in [3.05, 3.63) is 35.6 Å². The lowest BCUT2D eigenvalue weighted by Gasteiger charge is -2.50. The fourth-order valence-electron chi connectivity index (χ4n) is 4.15. The maximum absolute atomic E-state index is 13.0. The van der Waals surface area contributed by atoms with Gasteiger partial charge in [0, 0.05) is 12.6 Å². The van der Waals surface area contributed by atoms with Crippen LogP contribution < -0.4 is 5.73 Å². The van der Waals surface area contributed by atoms with Gasteiger partial charge in [-0.2, -0.15) is 0 Å². The molecule has 3 fully saturated rings. The predicted octanol–water partition coefficient (Wildman–Crippen LogP) is 2.82. The van der Waals surface area contributed by atoms with Crippen LogP contribution in [0.5, 0.6) is 0 Å². The first kappa shape index (κ1) is 14.0. The molecule has 2 bridgehead atoms. The normalized spacial score (nSPS) is 29.8. The Labute approximate surface area is 121 Å². The Hall–Kier alpha value is -0.930. The number of hydrogen-bond donors (Lipinski definition) is 1. The molecule has 3 atom stereocenters. The fraction of sp³-hybridized carbons (Fsp3) is 0.647. The van der Waals surface area contributed by atoms with E-state index >= 15 is 0 Å². The second-order valence-electron chi connectivity index (χ2n) is 6.47. The van der Waals surface area contributed by atoms with E-state index in [1.54, 1.807) is 12.1 Å². The summed E-state index contributed by atoms with van der Waals surface area (Å²) >= 11 is 0. The van der Waals surface area contributed by atoms with Crippen LogP contribution in [0.2, 0.25) is 0 Å². The molecule has 1 saturated carbocycles. The van der Waals surface area contributed by atoms with E-state index in [0.717, 1.165) is 43.8 Å². The van der Waals surface area contributed by atoms with E-state index < -0.39 is 0 Å². The smallest absolute Gasteiger partial charge is 0.123 e. The highest BCUT2D eigenvalue weighted by molar-refractivity contribution is 5.17. The third kappa shape index (κ3) is 3.04. The van der Waals surface area contributed by atoms with Gasteiger partial charge in [-0.15, -0.1) is 0 Å². The SMILES string of the molecule is NCCCN1C[C@H]2CC[C@@H]1[C@@H](Cc1ccc(F)cc1)C2. The van der Waals surface area contributed by atoms with Crippen molar-refractivity contribution >= 4 is 0 Å². The van der Waals surface area contributed by atoms with Crippen LogP contribution in [0.4, 0.5) is 4.39 Å². The molecule has 2 N–H and O–H groups in total. The molecule has 0 spiro atoms. The lowest BCUT2D eigenvalue weighted by atomic mass is 9.70. The monoisotopic (exact) mass is 276 g/mol. The maximum Gasteiger partial charge on any atom is 0.123 e. The predicted molar refractivity (Wildman–Crippen MR) is 80.0 cm³/mol. The standard InChI is InChI=1S/C17H25FN2/c18-16-5-2-13(3-6-16)10-15-11-14-4-7-17(15)20(12-14)9-1-8-19/h2-3,5-6,14-15,17H,1,4,7-12,19H2/t14-,15-,17+/m0/s1. The van der Waals surface area contributed by atoms with Crippen LogP contribution >= 0.6 is 0 Å². The Balaban J connectivity index is 1.65. The van der Waals surface area contributed by atoms with E-state index in [0.29, 0.717) is 0 Å². The van der Waals surface area contributed by atoms with Gasteiger partial charge in [0.25, 0.3) is 0 Å². The largest absolute Gasteiger partial charge is 0.330 e. The van der Waals surface area contributed by atoms with Crippen molar-refractivity contribution in [1.29, 1.82) is 0 Å². The van der Waals surface area contributed by atoms with Crippen LogP contribution in [0.15, 0.2) is 24.3 Å². The van der Waals surface area contributed by atoms with Gasteiger partial charge in [0.2, 0.25) is 0 Å². The van der Waals surface area contributed by atoms with E-state index in [2.05, 4.69) is 4.90 Å². The molecule has 20 heavy (non-hydrogen) atoms. The van der Waals surface area contributed by atoms with E-state index in [9.17, 15) is 4.39 Å². The Bertz CT molecular complexity index is 431. The van der Waals surface area contributed by atoms with Crippen molar-refractivity contribution in [3.8, 4) is 0 Å². The number of fused-ring (bicyclic) bond motifs is 3. The summed E-state index contributed by atoms with van der Waals surface area (Å²) in [6, 6.07) is 7.78. The second kappa shape index (κ2) is 6.23. The molecule has 3 heteroatoms. The third-order valence-electron chi connectivity index (χ3n) is 5.07. The molecule has 110 valence electrons. The Morgan fingerprint density at radius 3 is 2.70 bits per heavy atom. The molecule has 1 aromatic carbocycles. The highest BCUT2D eigenvalue weighted by Crippen LogP contribution is 2.40. The molecule has 0 amide bonds. The first-order valence-corrected chi connectivity index (χ1v) is 7.95. The van der Waals surface area contributed by atoms with Gasteiger partial charge in [0.15, 0.2) is 0 Å². The zero-order valence-electron chi connectivity index (χ0n) is 12.1. The molecule has 2 nitrogen and oxygen atoms in total. The number of rotatable bonds is 5. The Kier molecular flexibility index (Phi) is 4.37. The molecule has 2 aliphatic heterocycles. The van der Waals surface area contributed by atoms with Crippen LogP contribution in [0, 0.1) is 17.7 Å². The molecular formula is C17H25FN2. The number of nitrogens with zero attached hydrogens (tertiary/aromatic N) is 1. The summed E-state index contributed by atoms with van der Waals surface area (Å²) in [4.78, 5) is 2.67. The molecule has 1 aliphatic carbocycles. The first-order valence-electron chi connectivity index (χ1n) is 7.95. The molecule has 0 unspecified atom stereocenters. The summed E-state index contributed by atoms with van der Waals surface area (Å²) < 4.78 is 13.0. The van der Waals surface area contributed by atoms with E-state index in [4.69, 9.17) is 5.73 Å². The minimum atomic E-state index is -0.136. The third-order valence-corrected chi connectivity index (χ3v) is 5.07. The molecule has 4 rings (SSSR count). The van der Waals surface area contributed by atoms with E-state index in [1.807, 2.05) is 12.1 Å². The van der Waals surface area contributed by atoms with Gasteiger partial charge >= 0.3 is 0 Å². The van der Waals surface area contributed by atoms with Crippen LogP contribution in [0.1, 0.15) is 31.2 Å². The minimum Gasteiger partial charge on any atom is -0.330 e. The summed E-state index contributed by atoms with van der Waals surface area (Å²) in [5.41, 5.74) is 6.93. The van der Waals surface area contributed by atoms with Crippen LogP contribution in [0.25, 0.3) is 0 Å². The van der Waals surface area contributed by atoms with Gasteiger partial charge in [0.05, 0.1) is 0 Å². The molecule has 1 aromatic rings. The van der Waals surface area contributed by atoms with Gasteiger partial charge in [0.1, 0.15) is 5.82 Å². The highest BCUT2D eigenvalue weighted by atomic mass is 19.1. The second-order valence-corrected chi connectivity index (χ2v) is 6.47. The molecular weight excluding hydrogens is 251 g/mol. The summed E-state index contributed by atoms with van der Waals surface area (Å²) in [6.07, 6.45) is 6.28. The molecule has 2 saturated heterocycles. The summed E-state index contributed by atoms with van der Waals surface area (Å²) in [5.74, 6) is 1.47. The summed E-state index contributed by atoms with van der Waals surface area (Å²) in [7, 11) is 0. The summed E-state index contributed by atoms with van der Waals surface area (Å²) in [5, 5.41) is 0. The van der Waals surface area contributed by atoms with Crippen LogP contribution in [-0.2, 0) is 6.42 Å². The first-order chi connectivity index (χ1) is 9.76. The number of halogens is 1. The Morgan fingerprint density at radius 1 is 1.20 bits per heavy atom. The van der Waals surface area contributed by atoms with Crippen LogP contribution in [0.3, 0.4) is 0 Å². The fourth-order valence-corrected chi connectivity index (χ4v) is 4.15. The molecule has 0 radical (unpaired) electrons. The van der Waals surface area contributed by atoms with Crippen molar-refractivity contribution in [2.45, 2.75) is 38.1 Å². The summed E-state index contributed by atoms with van der Waals surface area (Å²) in [6.45, 7) is 3.21. The van der Waals surface area contributed by atoms with Gasteiger partial charge in [-0.25, -0.2) is 4.39 Å². The van der Waals surface area contributed by atoms with Gasteiger partial charge in [-0.1, -0.05) is 12.1 Å². The van der Waals surface area contributed by atoms with Crippen LogP contribution in [-0.4, -0.2) is 30.6 Å². The number of piperidine rings is 2. The van der Waals surface area contributed by atoms with Crippen molar-refractivity contribution in [1.82, 2.24) is 4.90 Å². The molecule has 3 aliphatic rings. The topological polar surface area (TPSA) is 29.3 Å². The number of benzene rings is 1. The average molecular weight is 276 g/mol. The maximum atomic E-state index is 13.0. The number of hydrogen-bond acceptors (Lipinski definition) is 2. The van der Waals surface area contributed by atoms with Gasteiger partial charge in [-0.3, -0.25) is 4.90 Å². The highest BCUT2D eigenvalue weighted by Gasteiger charge is 2.39. The van der Waals surface area contributed by atoms with Gasteiger partial charge < -0.3 is 5.73 Å². The molecule has 2 heterocycles. The minimum absolute atomic E-state index is 0.136. The lowest BCUT2D eigenvalue weighted by molar-refractivity contribution is 0.00118. The van der Waals surface area contributed by atoms with E-state index in [-0.39, 0.29) is 5.82 Å². The quantitative estimate of drug-likeness (QED) is 0.896. The zero-order valence-corrected chi connectivity index (χ0v) is 12.1. The van der Waals surface area contributed by atoms with Crippen molar-refractivity contribution in [3.63, 3.8) is 0 Å². The van der Waals surface area contributed by atoms with Gasteiger partial charge in [-0.05, 0) is 74.7 Å². The lowest BCUT2D eigenvalue weighted by Crippen LogP contribution is -2.53. The Morgan fingerprint density at radius 2 is 2.00 bits per heavy atom. The van der Waals surface area contributed by atoms with Crippen molar-refractivity contribution in [2.24, 2.45) is 17.6 Å². The average Bonchev–Trinajstić information content (AvgIpc) is 2.48. The molecule has 0 aromatic heterocycles. The van der Waals surface area contributed by atoms with E-state index in [1.165, 1.54) is 31.4 Å². The number of nitrogens with two attached hydrogens (primary N) is 1. The van der Waals surface area contributed by atoms with Crippen molar-refractivity contribution in [2.75, 3.05) is 19.6 Å². The zero-order chi connectivity index (χ0) is 13.9.